The van der Waals surface area contributed by atoms with E-state index in [2.05, 4.69) is 43.3 Å². The van der Waals surface area contributed by atoms with Crippen molar-refractivity contribution in [1.29, 1.82) is 0 Å². The third-order valence-corrected chi connectivity index (χ3v) is 13.4. The highest BCUT2D eigenvalue weighted by Crippen LogP contribution is 2.42. The number of aryl methyl sites for hydroxylation is 2. The SMILES string of the molecule is COC1CCn2cc(C(=O)NS3(=O)=NC(=O)c4ccc5c(c4)N(Cc4ccc(Cl)cc4CCCCO5)C[C@@H]4CC[C@H]4[C@@H](OC)/C=C/C[C@H](C)C3)nc2C1. The number of imidazole rings is 1. The van der Waals surface area contributed by atoms with Gasteiger partial charge in [-0.1, -0.05) is 36.7 Å². The van der Waals surface area contributed by atoms with Crippen molar-refractivity contribution in [3.63, 3.8) is 0 Å². The number of ether oxygens (including phenoxy) is 3. The number of halogens is 1. The first-order chi connectivity index (χ1) is 25.6. The maximum atomic E-state index is 14.7. The Labute approximate surface area is 317 Å². The minimum Gasteiger partial charge on any atom is -0.491 e. The predicted octanol–water partition coefficient (Wildman–Crippen LogP) is 6.81. The Morgan fingerprint density at radius 2 is 1.94 bits per heavy atom. The molecule has 13 heteroatoms. The highest BCUT2D eigenvalue weighted by molar-refractivity contribution is 7.92. The summed E-state index contributed by atoms with van der Waals surface area (Å²) in [4.78, 5) is 34.6. The van der Waals surface area contributed by atoms with Crippen molar-refractivity contribution in [2.45, 2.75) is 83.6 Å². The van der Waals surface area contributed by atoms with E-state index in [-0.39, 0.29) is 35.1 Å². The summed E-state index contributed by atoms with van der Waals surface area (Å²) in [5.74, 6) is 0.608. The number of carbonyl (C=O) groups is 2. The molecule has 2 unspecified atom stereocenters. The van der Waals surface area contributed by atoms with Crippen LogP contribution in [0, 0.1) is 17.8 Å². The first-order valence-electron chi connectivity index (χ1n) is 18.8. The monoisotopic (exact) mass is 763 g/mol. The molecule has 0 spiro atoms. The molecule has 4 heterocycles. The van der Waals surface area contributed by atoms with E-state index in [1.54, 1.807) is 26.5 Å². The van der Waals surface area contributed by atoms with Crippen LogP contribution in [0.4, 0.5) is 5.69 Å². The van der Waals surface area contributed by atoms with Gasteiger partial charge in [0.1, 0.15) is 27.2 Å². The smallest absolute Gasteiger partial charge is 0.286 e. The third-order valence-electron chi connectivity index (χ3n) is 11.2. The number of anilines is 1. The molecule has 3 aromatic rings. The lowest BCUT2D eigenvalue weighted by Gasteiger charge is -2.43. The second kappa shape index (κ2) is 16.3. The fourth-order valence-corrected chi connectivity index (χ4v) is 10.2. The molecule has 1 aromatic heterocycles. The fraction of sp³-hybridized carbons (Fsp3) is 0.525. The number of allylic oxidation sites excluding steroid dienone is 1. The van der Waals surface area contributed by atoms with Crippen LogP contribution in [-0.2, 0) is 45.3 Å². The van der Waals surface area contributed by atoms with Gasteiger partial charge in [0.25, 0.3) is 11.8 Å². The van der Waals surface area contributed by atoms with Crippen molar-refractivity contribution in [1.82, 2.24) is 14.3 Å². The molecule has 1 aliphatic carbocycles. The van der Waals surface area contributed by atoms with E-state index >= 15 is 0 Å². The molecule has 53 heavy (non-hydrogen) atoms. The van der Waals surface area contributed by atoms with Gasteiger partial charge >= 0.3 is 0 Å². The molecule has 7 rings (SSSR count). The number of hydrogen-bond acceptors (Lipinski definition) is 8. The number of amides is 2. The van der Waals surface area contributed by atoms with Gasteiger partial charge in [0.2, 0.25) is 0 Å². The number of nitrogens with zero attached hydrogens (tertiary/aromatic N) is 4. The number of nitrogens with one attached hydrogen (secondary N) is 1. The zero-order chi connectivity index (χ0) is 37.1. The fourth-order valence-electron chi connectivity index (χ4n) is 8.08. The summed E-state index contributed by atoms with van der Waals surface area (Å²) in [5.41, 5.74) is 3.57. The zero-order valence-electron chi connectivity index (χ0n) is 30.8. The quantitative estimate of drug-likeness (QED) is 0.288. The maximum Gasteiger partial charge on any atom is 0.286 e. The van der Waals surface area contributed by atoms with Crippen molar-refractivity contribution < 1.29 is 28.0 Å². The summed E-state index contributed by atoms with van der Waals surface area (Å²) in [6, 6.07) is 11.4. The summed E-state index contributed by atoms with van der Waals surface area (Å²) < 4.78 is 41.6. The summed E-state index contributed by atoms with van der Waals surface area (Å²) in [6.45, 7) is 4.47. The normalized spacial score (nSPS) is 28.4. The Morgan fingerprint density at radius 3 is 2.74 bits per heavy atom. The van der Waals surface area contributed by atoms with Gasteiger partial charge in [0.15, 0.2) is 0 Å². The molecule has 2 aromatic carbocycles. The van der Waals surface area contributed by atoms with Crippen LogP contribution < -0.4 is 14.4 Å². The minimum absolute atomic E-state index is 0.0165. The van der Waals surface area contributed by atoms with Gasteiger partial charge in [-0.2, -0.15) is 0 Å². The van der Waals surface area contributed by atoms with Crippen LogP contribution in [0.25, 0.3) is 0 Å². The van der Waals surface area contributed by atoms with Crippen molar-refractivity contribution >= 4 is 39.0 Å². The summed E-state index contributed by atoms with van der Waals surface area (Å²) in [7, 11) is -0.161. The molecule has 0 saturated heterocycles. The molecule has 1 saturated carbocycles. The van der Waals surface area contributed by atoms with Crippen molar-refractivity contribution in [3.05, 3.63) is 88.0 Å². The second-order valence-corrected chi connectivity index (χ2v) is 17.4. The van der Waals surface area contributed by atoms with E-state index in [0.29, 0.717) is 55.1 Å². The van der Waals surface area contributed by atoms with Crippen molar-refractivity contribution in [3.8, 4) is 5.75 Å². The van der Waals surface area contributed by atoms with Gasteiger partial charge < -0.3 is 23.7 Å². The van der Waals surface area contributed by atoms with Gasteiger partial charge in [-0.05, 0) is 104 Å². The van der Waals surface area contributed by atoms with Crippen LogP contribution in [0.2, 0.25) is 5.02 Å². The molecule has 284 valence electrons. The molecular weight excluding hydrogens is 714 g/mol. The average Bonchev–Trinajstić information content (AvgIpc) is 3.55. The largest absolute Gasteiger partial charge is 0.491 e. The molecular formula is C40H50ClN5O6S. The van der Waals surface area contributed by atoms with Crippen LogP contribution >= 0.6 is 11.6 Å². The zero-order valence-corrected chi connectivity index (χ0v) is 32.4. The van der Waals surface area contributed by atoms with Gasteiger partial charge in [-0.15, -0.1) is 4.36 Å². The van der Waals surface area contributed by atoms with E-state index in [0.717, 1.165) is 56.6 Å². The Hall–Kier alpha value is -3.71. The molecule has 0 radical (unpaired) electrons. The van der Waals surface area contributed by atoms with Gasteiger partial charge in [0.05, 0.1) is 30.3 Å². The number of fused-ring (bicyclic) bond motifs is 4. The Bertz CT molecular complexity index is 1990. The van der Waals surface area contributed by atoms with E-state index in [4.69, 9.17) is 25.8 Å². The number of hydrogen-bond donors (Lipinski definition) is 1. The van der Waals surface area contributed by atoms with Crippen LogP contribution in [-0.4, -0.2) is 70.9 Å². The van der Waals surface area contributed by atoms with E-state index in [1.807, 2.05) is 29.7 Å². The molecule has 2 bridgehead atoms. The highest BCUT2D eigenvalue weighted by atomic mass is 35.5. The Kier molecular flexibility index (Phi) is 11.6. The molecule has 1 N–H and O–H groups in total. The van der Waals surface area contributed by atoms with E-state index in [9.17, 15) is 13.8 Å². The number of rotatable bonds is 4. The number of aromatic nitrogens is 2. The highest BCUT2D eigenvalue weighted by Gasteiger charge is 2.38. The number of methoxy groups -OCH3 is 2. The first kappa shape index (κ1) is 37.6. The molecule has 4 aliphatic rings. The van der Waals surface area contributed by atoms with Crippen molar-refractivity contribution in [2.24, 2.45) is 22.1 Å². The average molecular weight is 764 g/mol. The van der Waals surface area contributed by atoms with Crippen LogP contribution in [0.5, 0.6) is 5.75 Å². The molecule has 2 amide bonds. The second-order valence-electron chi connectivity index (χ2n) is 15.0. The topological polar surface area (TPSA) is 124 Å². The van der Waals surface area contributed by atoms with Crippen molar-refractivity contribution in [2.75, 3.05) is 38.0 Å². The van der Waals surface area contributed by atoms with Gasteiger partial charge in [-0.25, -0.2) is 9.19 Å². The van der Waals surface area contributed by atoms with Crippen LogP contribution in [0.3, 0.4) is 0 Å². The molecule has 3 aliphatic heterocycles. The molecule has 1 fully saturated rings. The van der Waals surface area contributed by atoms with Crippen LogP contribution in [0.1, 0.15) is 83.2 Å². The Balaban J connectivity index is 1.28. The standard InChI is InChI=1S/C40H50ClN5O6S/c1-26-7-6-9-36(51-3)33-14-11-30(33)23-46-22-29-10-13-31(41)19-27(29)8-4-5-18-52-37-15-12-28(20-35(37)46)39(47)43-53(49,25-26)44-40(48)34-24-45-17-16-32(50-2)21-38(45)42-34/h6,9-10,12-13,15,19-20,24,26,30,32-33,36H,4-5,7-8,11,14,16-18,21-23,25H2,1-3H3,(H,43,44,47,48,49)/b9-6+/t26-,30-,32?,33+,36-,53?/m0/s1. The molecule has 11 nitrogen and oxygen atoms in total. The Morgan fingerprint density at radius 1 is 1.08 bits per heavy atom. The van der Waals surface area contributed by atoms with E-state index < -0.39 is 21.7 Å². The summed E-state index contributed by atoms with van der Waals surface area (Å²) in [6.07, 6.45) is 12.6. The predicted molar refractivity (Wildman–Crippen MR) is 206 cm³/mol. The van der Waals surface area contributed by atoms with Crippen LogP contribution in [0.15, 0.2) is 59.1 Å². The number of benzene rings is 2. The lowest BCUT2D eigenvalue weighted by molar-refractivity contribution is 0.0133. The third kappa shape index (κ3) is 8.66. The lowest BCUT2D eigenvalue weighted by Crippen LogP contribution is -2.43. The van der Waals surface area contributed by atoms with Gasteiger partial charge in [0, 0.05) is 57.1 Å². The first-order valence-corrected chi connectivity index (χ1v) is 20.9. The summed E-state index contributed by atoms with van der Waals surface area (Å²) >= 11 is 6.48. The minimum atomic E-state index is -3.58. The maximum absolute atomic E-state index is 14.7. The lowest BCUT2D eigenvalue weighted by atomic mass is 9.70. The number of carbonyl (C=O) groups excluding carboxylic acids is 2. The summed E-state index contributed by atoms with van der Waals surface area (Å²) in [5, 5.41) is 0.712. The molecule has 6 atom stereocenters. The van der Waals surface area contributed by atoms with E-state index in [1.165, 1.54) is 11.1 Å². The van der Waals surface area contributed by atoms with Gasteiger partial charge in [-0.3, -0.25) is 14.3 Å².